The maximum absolute atomic E-state index is 12.6. The topological polar surface area (TPSA) is 95.6 Å². The Balaban J connectivity index is 1.90. The van der Waals surface area contributed by atoms with Crippen LogP contribution in [0.4, 0.5) is 0 Å². The van der Waals surface area contributed by atoms with Gasteiger partial charge in [0.25, 0.3) is 0 Å². The summed E-state index contributed by atoms with van der Waals surface area (Å²) in [5, 5.41) is 15.2. The average Bonchev–Trinajstić information content (AvgIpc) is 3.09. The number of hydrogen-bond acceptors (Lipinski definition) is 5. The average molecular weight is 425 g/mol. The Morgan fingerprint density at radius 1 is 1.29 bits per heavy atom. The van der Waals surface area contributed by atoms with Crippen LogP contribution >= 0.6 is 0 Å². The van der Waals surface area contributed by atoms with Gasteiger partial charge in [0.15, 0.2) is 5.43 Å². The van der Waals surface area contributed by atoms with Crippen LogP contribution in [0.5, 0.6) is 5.75 Å². The van der Waals surface area contributed by atoms with E-state index in [-0.39, 0.29) is 17.0 Å². The maximum Gasteiger partial charge on any atom is 0.341 e. The molecule has 0 saturated carbocycles. The fourth-order valence-electron chi connectivity index (χ4n) is 4.13. The van der Waals surface area contributed by atoms with Crippen molar-refractivity contribution in [2.24, 2.45) is 5.41 Å². The number of carbonyl (C=O) groups is 1. The third kappa shape index (κ3) is 3.72. The molecule has 0 spiro atoms. The molecule has 8 heteroatoms. The molecule has 1 N–H and O–H groups in total. The highest BCUT2D eigenvalue weighted by atomic mass is 16.5. The van der Waals surface area contributed by atoms with Crippen molar-refractivity contribution >= 4 is 16.9 Å². The van der Waals surface area contributed by atoms with E-state index < -0.39 is 11.4 Å². The van der Waals surface area contributed by atoms with E-state index in [0.717, 1.165) is 23.0 Å². The lowest BCUT2D eigenvalue weighted by atomic mass is 9.85. The van der Waals surface area contributed by atoms with E-state index >= 15 is 0 Å². The molecular weight excluding hydrogens is 398 g/mol. The second kappa shape index (κ2) is 7.85. The van der Waals surface area contributed by atoms with Crippen LogP contribution in [0.15, 0.2) is 35.3 Å². The lowest BCUT2D eigenvalue weighted by Gasteiger charge is -2.38. The first-order valence-electron chi connectivity index (χ1n) is 10.3. The molecule has 2 aromatic heterocycles. The molecule has 0 saturated heterocycles. The molecule has 0 fully saturated rings. The fraction of sp³-hybridized carbons (Fsp3) is 0.435. The van der Waals surface area contributed by atoms with Gasteiger partial charge in [0.1, 0.15) is 16.8 Å². The van der Waals surface area contributed by atoms with Gasteiger partial charge in [-0.2, -0.15) is 5.10 Å². The molecular formula is C23H27N3O5. The van der Waals surface area contributed by atoms with Gasteiger partial charge >= 0.3 is 5.97 Å². The first-order valence-corrected chi connectivity index (χ1v) is 10.3. The predicted octanol–water partition coefficient (Wildman–Crippen LogP) is 3.58. The Morgan fingerprint density at radius 3 is 2.74 bits per heavy atom. The van der Waals surface area contributed by atoms with Gasteiger partial charge < -0.3 is 19.1 Å². The molecule has 0 aliphatic carbocycles. The number of nitrogens with zero attached hydrogens (tertiary/aromatic N) is 3. The number of rotatable bonds is 6. The summed E-state index contributed by atoms with van der Waals surface area (Å²) in [6.45, 7) is 7.98. The summed E-state index contributed by atoms with van der Waals surface area (Å²) in [7, 11) is 1.66. The van der Waals surface area contributed by atoms with Gasteiger partial charge in [0.05, 0.1) is 30.6 Å². The fourth-order valence-corrected chi connectivity index (χ4v) is 4.13. The van der Waals surface area contributed by atoms with E-state index in [9.17, 15) is 14.7 Å². The summed E-state index contributed by atoms with van der Waals surface area (Å²) < 4.78 is 14.9. The normalized spacial score (nSPS) is 15.5. The van der Waals surface area contributed by atoms with E-state index in [1.165, 1.54) is 12.3 Å². The monoisotopic (exact) mass is 425 g/mol. The molecule has 31 heavy (non-hydrogen) atoms. The van der Waals surface area contributed by atoms with Crippen LogP contribution in [0, 0.1) is 5.41 Å². The number of carboxylic acids is 1. The van der Waals surface area contributed by atoms with Crippen molar-refractivity contribution < 1.29 is 19.4 Å². The molecule has 0 amide bonds. The number of methoxy groups -OCH3 is 1. The van der Waals surface area contributed by atoms with Gasteiger partial charge in [-0.15, -0.1) is 0 Å². The number of hydrogen-bond donors (Lipinski definition) is 1. The quantitative estimate of drug-likeness (QED) is 0.607. The molecule has 3 heterocycles. The summed E-state index contributed by atoms with van der Waals surface area (Å²) in [4.78, 5) is 24.2. The van der Waals surface area contributed by atoms with Gasteiger partial charge in [-0.25, -0.2) is 4.79 Å². The van der Waals surface area contributed by atoms with Crippen LogP contribution in [0.3, 0.4) is 0 Å². The van der Waals surface area contributed by atoms with E-state index in [4.69, 9.17) is 14.6 Å². The first-order chi connectivity index (χ1) is 14.7. The number of fused-ring (bicyclic) bond motifs is 5. The van der Waals surface area contributed by atoms with Crippen LogP contribution in [0.1, 0.15) is 43.6 Å². The summed E-state index contributed by atoms with van der Waals surface area (Å²) >= 11 is 0. The number of benzene rings is 1. The maximum atomic E-state index is 12.6. The smallest absolute Gasteiger partial charge is 0.341 e. The lowest BCUT2D eigenvalue weighted by Crippen LogP contribution is -2.35. The Hall–Kier alpha value is -3.13. The first kappa shape index (κ1) is 21.1. The summed E-state index contributed by atoms with van der Waals surface area (Å²) in [5.41, 5.74) is 1.27. The molecule has 0 bridgehead atoms. The molecule has 8 nitrogen and oxygen atoms in total. The standard InChI is InChI=1S/C23H27N3O5/c1-23(2,3)19-13-26-21(16-11-17(27)15(22(28)29)12-25(16)19)14-7-5-8-18(20(14)24-26)31-10-6-9-30-4/h5,7-8,11-12,19H,6,9-10,13H2,1-4H3,(H,28,29)/t19-/m0/s1. The van der Waals surface area contributed by atoms with Crippen LogP contribution in [-0.4, -0.2) is 45.7 Å². The summed E-state index contributed by atoms with van der Waals surface area (Å²) in [6.07, 6.45) is 2.24. The van der Waals surface area contributed by atoms with Crippen LogP contribution in [0.2, 0.25) is 0 Å². The molecule has 0 unspecified atom stereocenters. The molecule has 0 radical (unpaired) electrons. The SMILES string of the molecule is COCCCOc1cccc2c3n(nc12)C[C@@H](C(C)(C)C)n1cc(C(=O)O)c(=O)cc1-3. The highest BCUT2D eigenvalue weighted by molar-refractivity contribution is 5.96. The minimum Gasteiger partial charge on any atom is -0.491 e. The number of aromatic carboxylic acids is 1. The Bertz CT molecular complexity index is 1200. The van der Waals surface area contributed by atoms with Gasteiger partial charge in [0.2, 0.25) is 0 Å². The van der Waals surface area contributed by atoms with Crippen LogP contribution < -0.4 is 10.2 Å². The van der Waals surface area contributed by atoms with Crippen LogP contribution in [0.25, 0.3) is 22.3 Å². The minimum absolute atomic E-state index is 0.0749. The van der Waals surface area contributed by atoms with E-state index in [1.54, 1.807) is 7.11 Å². The second-order valence-electron chi connectivity index (χ2n) is 8.91. The van der Waals surface area contributed by atoms with Crippen molar-refractivity contribution in [3.63, 3.8) is 0 Å². The number of carboxylic acid groups (broad SMARTS) is 1. The number of ether oxygens (including phenoxy) is 2. The number of pyridine rings is 1. The Labute approximate surface area is 180 Å². The van der Waals surface area contributed by atoms with Crippen LogP contribution in [-0.2, 0) is 11.3 Å². The molecule has 1 aliphatic rings. The zero-order chi connectivity index (χ0) is 22.3. The Kier molecular flexibility index (Phi) is 5.35. The third-order valence-electron chi connectivity index (χ3n) is 5.72. The van der Waals surface area contributed by atoms with Crippen molar-refractivity contribution in [3.8, 4) is 17.1 Å². The van der Waals surface area contributed by atoms with Crippen molar-refractivity contribution in [2.45, 2.75) is 39.8 Å². The highest BCUT2D eigenvalue weighted by Gasteiger charge is 2.35. The van der Waals surface area contributed by atoms with E-state index in [2.05, 4.69) is 20.8 Å². The minimum atomic E-state index is -1.22. The summed E-state index contributed by atoms with van der Waals surface area (Å²) in [6, 6.07) is 7.08. The molecule has 1 aromatic carbocycles. The summed E-state index contributed by atoms with van der Waals surface area (Å²) in [5.74, 6) is -0.539. The second-order valence-corrected chi connectivity index (χ2v) is 8.91. The molecule has 1 aliphatic heterocycles. The zero-order valence-corrected chi connectivity index (χ0v) is 18.2. The third-order valence-corrected chi connectivity index (χ3v) is 5.72. The van der Waals surface area contributed by atoms with Crippen molar-refractivity contribution in [1.29, 1.82) is 0 Å². The van der Waals surface area contributed by atoms with E-state index in [1.807, 2.05) is 27.4 Å². The number of aromatic nitrogens is 3. The molecule has 164 valence electrons. The Morgan fingerprint density at radius 2 is 2.06 bits per heavy atom. The van der Waals surface area contributed by atoms with Gasteiger partial charge in [0, 0.05) is 37.8 Å². The van der Waals surface area contributed by atoms with E-state index in [0.29, 0.717) is 31.2 Å². The molecule has 4 rings (SSSR count). The van der Waals surface area contributed by atoms with Crippen molar-refractivity contribution in [1.82, 2.24) is 14.3 Å². The van der Waals surface area contributed by atoms with Crippen molar-refractivity contribution in [3.05, 3.63) is 46.2 Å². The molecule has 1 atom stereocenters. The van der Waals surface area contributed by atoms with Gasteiger partial charge in [-0.1, -0.05) is 32.9 Å². The molecule has 3 aromatic rings. The lowest BCUT2D eigenvalue weighted by molar-refractivity contribution is 0.0693. The van der Waals surface area contributed by atoms with Gasteiger partial charge in [-0.3, -0.25) is 9.48 Å². The largest absolute Gasteiger partial charge is 0.491 e. The highest BCUT2D eigenvalue weighted by Crippen LogP contribution is 2.43. The predicted molar refractivity (Wildman–Crippen MR) is 117 cm³/mol. The van der Waals surface area contributed by atoms with Gasteiger partial charge in [-0.05, 0) is 11.5 Å². The van der Waals surface area contributed by atoms with Crippen molar-refractivity contribution in [2.75, 3.05) is 20.3 Å². The zero-order valence-electron chi connectivity index (χ0n) is 18.2.